The molecule has 260 valence electrons. The van der Waals surface area contributed by atoms with Gasteiger partial charge in [0.05, 0.1) is 44.3 Å². The Morgan fingerprint density at radius 1 is 0.820 bits per heavy atom. The summed E-state index contributed by atoms with van der Waals surface area (Å²) >= 11 is 0. The molecule has 2 aromatic heterocycles. The molecule has 0 spiro atoms. The average molecular weight is 675 g/mol. The number of likely N-dealkylation sites (tertiary alicyclic amines) is 2. The molecule has 0 bridgehead atoms. The molecule has 1 amide bonds. The van der Waals surface area contributed by atoms with Crippen molar-refractivity contribution in [1.29, 1.82) is 0 Å². The number of benzene rings is 3. The summed E-state index contributed by atoms with van der Waals surface area (Å²) in [5.41, 5.74) is 4.79. The summed E-state index contributed by atoms with van der Waals surface area (Å²) in [6.45, 7) is 4.71. The molecule has 2 aliphatic heterocycles. The number of pyridine rings is 1. The zero-order chi connectivity index (χ0) is 34.5. The number of imidazole rings is 1. The van der Waals surface area contributed by atoms with Crippen molar-refractivity contribution in [3.05, 3.63) is 108 Å². The van der Waals surface area contributed by atoms with Crippen molar-refractivity contribution in [2.45, 2.75) is 50.2 Å². The number of anilines is 1. The number of nitrogens with one attached hydrogen (secondary N) is 1. The van der Waals surface area contributed by atoms with E-state index in [1.54, 1.807) is 21.3 Å². The van der Waals surface area contributed by atoms with Crippen LogP contribution in [-0.4, -0.2) is 83.8 Å². The number of rotatable bonds is 13. The smallest absolute Gasteiger partial charge is 0.233 e. The van der Waals surface area contributed by atoms with Crippen molar-refractivity contribution < 1.29 is 19.0 Å². The van der Waals surface area contributed by atoms with E-state index in [0.717, 1.165) is 80.0 Å². The lowest BCUT2D eigenvalue weighted by molar-refractivity contribution is -0.133. The lowest BCUT2D eigenvalue weighted by Crippen LogP contribution is -2.44. The van der Waals surface area contributed by atoms with Crippen LogP contribution in [-0.2, 0) is 23.3 Å². The second-order valence-corrected chi connectivity index (χ2v) is 13.3. The van der Waals surface area contributed by atoms with Gasteiger partial charge < -0.3 is 33.9 Å². The molecule has 1 N–H and O–H groups in total. The van der Waals surface area contributed by atoms with Crippen LogP contribution in [0.3, 0.4) is 0 Å². The molecule has 10 nitrogen and oxygen atoms in total. The van der Waals surface area contributed by atoms with Crippen LogP contribution < -0.4 is 19.5 Å². The molecule has 1 atom stereocenters. The minimum absolute atomic E-state index is 0.183. The second-order valence-electron chi connectivity index (χ2n) is 13.3. The van der Waals surface area contributed by atoms with Crippen molar-refractivity contribution in [2.75, 3.05) is 52.8 Å². The van der Waals surface area contributed by atoms with Crippen LogP contribution in [0.4, 0.5) is 5.95 Å². The number of carbonyl (C=O) groups excluding carboxylic acids is 1. The third kappa shape index (κ3) is 6.72. The van der Waals surface area contributed by atoms with E-state index in [1.165, 1.54) is 5.56 Å². The van der Waals surface area contributed by atoms with Crippen molar-refractivity contribution in [2.24, 2.45) is 0 Å². The molecular formula is C40H46N6O4. The third-order valence-corrected chi connectivity index (χ3v) is 10.4. The van der Waals surface area contributed by atoms with Crippen molar-refractivity contribution in [3.63, 3.8) is 0 Å². The van der Waals surface area contributed by atoms with E-state index in [9.17, 15) is 4.79 Å². The van der Waals surface area contributed by atoms with Gasteiger partial charge in [0.25, 0.3) is 0 Å². The Morgan fingerprint density at radius 3 is 2.22 bits per heavy atom. The predicted molar refractivity (Wildman–Crippen MR) is 195 cm³/mol. The van der Waals surface area contributed by atoms with Crippen LogP contribution in [0.15, 0.2) is 91.3 Å². The highest BCUT2D eigenvalue weighted by molar-refractivity contribution is 5.90. The predicted octanol–water partition coefficient (Wildman–Crippen LogP) is 6.14. The van der Waals surface area contributed by atoms with Gasteiger partial charge in [-0.05, 0) is 85.3 Å². The van der Waals surface area contributed by atoms with Gasteiger partial charge in [0.1, 0.15) is 0 Å². The highest BCUT2D eigenvalue weighted by atomic mass is 16.5. The van der Waals surface area contributed by atoms with Gasteiger partial charge in [0.15, 0.2) is 11.5 Å². The summed E-state index contributed by atoms with van der Waals surface area (Å²) < 4.78 is 19.0. The number of hydrogen-bond acceptors (Lipinski definition) is 8. The summed E-state index contributed by atoms with van der Waals surface area (Å²) in [7, 11) is 4.82. The number of fused-ring (bicyclic) bond motifs is 1. The quantitative estimate of drug-likeness (QED) is 0.159. The number of para-hydroxylation sites is 2. The molecule has 4 heterocycles. The molecule has 2 aliphatic rings. The Bertz CT molecular complexity index is 1880. The summed E-state index contributed by atoms with van der Waals surface area (Å²) in [5, 5.41) is 3.79. The van der Waals surface area contributed by atoms with E-state index in [4.69, 9.17) is 19.2 Å². The highest BCUT2D eigenvalue weighted by Crippen LogP contribution is 2.42. The number of methoxy groups -OCH3 is 3. The number of nitrogens with zero attached hydrogens (tertiary/aromatic N) is 5. The molecule has 0 saturated carbocycles. The molecule has 2 saturated heterocycles. The normalized spacial score (nSPS) is 18.5. The Balaban J connectivity index is 1.02. The Labute approximate surface area is 294 Å². The first-order chi connectivity index (χ1) is 24.5. The lowest BCUT2D eigenvalue weighted by atomic mass is 9.76. The minimum atomic E-state index is -0.561. The van der Waals surface area contributed by atoms with E-state index >= 15 is 0 Å². The van der Waals surface area contributed by atoms with Gasteiger partial charge in [-0.15, -0.1) is 0 Å². The maximum absolute atomic E-state index is 14.4. The zero-order valence-electron chi connectivity index (χ0n) is 29.2. The van der Waals surface area contributed by atoms with Gasteiger partial charge >= 0.3 is 0 Å². The molecule has 2 fully saturated rings. The molecule has 0 aliphatic carbocycles. The Morgan fingerprint density at radius 2 is 1.52 bits per heavy atom. The van der Waals surface area contributed by atoms with E-state index in [1.807, 2.05) is 53.7 Å². The van der Waals surface area contributed by atoms with Gasteiger partial charge in [-0.25, -0.2) is 4.98 Å². The van der Waals surface area contributed by atoms with Gasteiger partial charge in [-0.2, -0.15) is 0 Å². The highest BCUT2D eigenvalue weighted by Gasteiger charge is 2.47. The standard InChI is InChI=1S/C40H46N6O4/c1-48-35-25-30(26-36(49-2)37(35)50-3)27-45-24-18-40(38(45)47,31-9-5-4-6-10-31)17-23-44-21-15-32(16-22-44)42-39-43-33-11-7-8-12-34(33)46(39)28-29-13-19-41-20-14-29/h4-14,19-20,25-26,32H,15-18,21-24,27-28H2,1-3H3,(H,42,43). The van der Waals surface area contributed by atoms with Crippen LogP contribution in [0.25, 0.3) is 11.0 Å². The van der Waals surface area contributed by atoms with Gasteiger partial charge in [0.2, 0.25) is 17.6 Å². The maximum Gasteiger partial charge on any atom is 0.233 e. The molecule has 10 heteroatoms. The molecule has 5 aromatic rings. The van der Waals surface area contributed by atoms with Crippen LogP contribution in [0.2, 0.25) is 0 Å². The summed E-state index contributed by atoms with van der Waals surface area (Å²) in [6.07, 6.45) is 7.26. The van der Waals surface area contributed by atoms with Crippen molar-refractivity contribution >= 4 is 22.9 Å². The fourth-order valence-electron chi connectivity index (χ4n) is 7.69. The molecule has 50 heavy (non-hydrogen) atoms. The van der Waals surface area contributed by atoms with E-state index in [2.05, 4.69) is 62.2 Å². The SMILES string of the molecule is COc1cc(CN2CCC(CCN3CCC(Nc4nc5ccccc5n4Cc4ccncc4)CC3)(c3ccccc3)C2=O)cc(OC)c1OC. The largest absolute Gasteiger partial charge is 0.493 e. The first-order valence-corrected chi connectivity index (χ1v) is 17.5. The Kier molecular flexibility index (Phi) is 9.89. The fraction of sp³-hybridized carbons (Fsp3) is 0.375. The molecular weight excluding hydrogens is 628 g/mol. The van der Waals surface area contributed by atoms with E-state index < -0.39 is 5.41 Å². The second kappa shape index (κ2) is 14.8. The first-order valence-electron chi connectivity index (χ1n) is 17.5. The van der Waals surface area contributed by atoms with Gasteiger partial charge in [0, 0.05) is 44.6 Å². The number of ether oxygens (including phenoxy) is 3. The molecule has 3 aromatic carbocycles. The minimum Gasteiger partial charge on any atom is -0.493 e. The number of amides is 1. The zero-order valence-corrected chi connectivity index (χ0v) is 29.2. The van der Waals surface area contributed by atoms with Crippen molar-refractivity contribution in [3.8, 4) is 17.2 Å². The average Bonchev–Trinajstić information content (AvgIpc) is 3.67. The Hall–Kier alpha value is -5.09. The fourth-order valence-corrected chi connectivity index (χ4v) is 7.69. The summed E-state index contributed by atoms with van der Waals surface area (Å²) in [5.74, 6) is 2.82. The van der Waals surface area contributed by atoms with Gasteiger partial charge in [-0.3, -0.25) is 9.78 Å². The van der Waals surface area contributed by atoms with Gasteiger partial charge in [-0.1, -0.05) is 42.5 Å². The van der Waals surface area contributed by atoms with Crippen LogP contribution in [0.1, 0.15) is 42.4 Å². The molecule has 7 rings (SSSR count). The van der Waals surface area contributed by atoms with Crippen LogP contribution in [0, 0.1) is 0 Å². The number of hydrogen-bond donors (Lipinski definition) is 1. The summed E-state index contributed by atoms with van der Waals surface area (Å²) in [6, 6.07) is 27.0. The lowest BCUT2D eigenvalue weighted by Gasteiger charge is -2.36. The monoisotopic (exact) mass is 674 g/mol. The van der Waals surface area contributed by atoms with Crippen molar-refractivity contribution in [1.82, 2.24) is 24.3 Å². The third-order valence-electron chi connectivity index (χ3n) is 10.4. The maximum atomic E-state index is 14.4. The number of aromatic nitrogens is 3. The van der Waals surface area contributed by atoms with E-state index in [-0.39, 0.29) is 5.91 Å². The summed E-state index contributed by atoms with van der Waals surface area (Å²) in [4.78, 5) is 28.1. The van der Waals surface area contributed by atoms with Crippen LogP contribution in [0.5, 0.6) is 17.2 Å². The number of carbonyl (C=O) groups is 1. The van der Waals surface area contributed by atoms with Crippen LogP contribution >= 0.6 is 0 Å². The molecule has 0 radical (unpaired) electrons. The van der Waals surface area contributed by atoms with E-state index in [0.29, 0.717) is 36.4 Å². The number of piperidine rings is 1. The first kappa shape index (κ1) is 33.4. The topological polar surface area (TPSA) is 94.0 Å². The molecule has 1 unspecified atom stereocenters.